The summed E-state index contributed by atoms with van der Waals surface area (Å²) < 4.78 is 0. The van der Waals surface area contributed by atoms with E-state index in [0.717, 1.165) is 19.4 Å². The maximum Gasteiger partial charge on any atom is 0.225 e. The molecule has 4 aliphatic rings. The first-order chi connectivity index (χ1) is 12.2. The summed E-state index contributed by atoms with van der Waals surface area (Å²) in [7, 11) is 0. The van der Waals surface area contributed by atoms with Gasteiger partial charge in [0.1, 0.15) is 0 Å². The maximum atomic E-state index is 12.7. The van der Waals surface area contributed by atoms with Gasteiger partial charge in [-0.15, -0.1) is 0 Å². The summed E-state index contributed by atoms with van der Waals surface area (Å²) in [6.45, 7) is 3.80. The quantitative estimate of drug-likeness (QED) is 0.830. The lowest BCUT2D eigenvalue weighted by Gasteiger charge is -2.48. The zero-order chi connectivity index (χ0) is 17.3. The Morgan fingerprint density at radius 3 is 2.40 bits per heavy atom. The number of nitrogens with zero attached hydrogens (tertiary/aromatic N) is 2. The molecule has 4 rings (SSSR count). The molecule has 4 fully saturated rings. The minimum absolute atomic E-state index is 0.110. The van der Waals surface area contributed by atoms with Crippen LogP contribution < -0.4 is 5.32 Å². The van der Waals surface area contributed by atoms with Crippen molar-refractivity contribution in [3.8, 4) is 0 Å². The molecule has 0 radical (unpaired) electrons. The molecule has 0 aromatic heterocycles. The molecule has 5 nitrogen and oxygen atoms in total. The molecule has 1 unspecified atom stereocenters. The summed E-state index contributed by atoms with van der Waals surface area (Å²) in [6.07, 6.45) is 12.9. The van der Waals surface area contributed by atoms with E-state index in [9.17, 15) is 9.59 Å². The van der Waals surface area contributed by atoms with E-state index in [1.165, 1.54) is 64.5 Å². The van der Waals surface area contributed by atoms with E-state index in [1.54, 1.807) is 0 Å². The fourth-order valence-electron chi connectivity index (χ4n) is 5.23. The first-order valence-electron chi connectivity index (χ1n) is 10.5. The monoisotopic (exact) mass is 347 g/mol. The molecule has 1 atom stereocenters. The average Bonchev–Trinajstić information content (AvgIpc) is 3.43. The number of piperidine rings is 1. The molecule has 5 heteroatoms. The SMILES string of the molecule is O=C(NCC1(N2CCCCC2)CCCCC1)C1CC(=O)N(C2CC2)C1. The number of hydrogen-bond donors (Lipinski definition) is 1. The highest BCUT2D eigenvalue weighted by atomic mass is 16.2. The molecule has 2 aliphatic heterocycles. The van der Waals surface area contributed by atoms with E-state index in [1.807, 2.05) is 4.90 Å². The van der Waals surface area contributed by atoms with Crippen LogP contribution >= 0.6 is 0 Å². The molecule has 0 bridgehead atoms. The van der Waals surface area contributed by atoms with Gasteiger partial charge in [0.2, 0.25) is 11.8 Å². The second-order valence-electron chi connectivity index (χ2n) is 8.73. The summed E-state index contributed by atoms with van der Waals surface area (Å²) in [4.78, 5) is 29.5. The Labute approximate surface area is 151 Å². The van der Waals surface area contributed by atoms with Gasteiger partial charge in [0, 0.05) is 31.1 Å². The minimum atomic E-state index is -0.130. The van der Waals surface area contributed by atoms with Crippen LogP contribution in [0.3, 0.4) is 0 Å². The Morgan fingerprint density at radius 1 is 1.04 bits per heavy atom. The molecular formula is C20H33N3O2. The van der Waals surface area contributed by atoms with Crippen molar-refractivity contribution in [1.82, 2.24) is 15.1 Å². The predicted molar refractivity (Wildman–Crippen MR) is 97.1 cm³/mol. The fourth-order valence-corrected chi connectivity index (χ4v) is 5.23. The van der Waals surface area contributed by atoms with Gasteiger partial charge in [-0.05, 0) is 51.6 Å². The summed E-state index contributed by atoms with van der Waals surface area (Å²) >= 11 is 0. The third kappa shape index (κ3) is 3.71. The van der Waals surface area contributed by atoms with E-state index < -0.39 is 0 Å². The molecule has 2 aliphatic carbocycles. The summed E-state index contributed by atoms with van der Waals surface area (Å²) in [5.41, 5.74) is 0.174. The Morgan fingerprint density at radius 2 is 1.72 bits per heavy atom. The van der Waals surface area contributed by atoms with E-state index in [2.05, 4.69) is 10.2 Å². The number of hydrogen-bond acceptors (Lipinski definition) is 3. The van der Waals surface area contributed by atoms with Crippen molar-refractivity contribution < 1.29 is 9.59 Å². The van der Waals surface area contributed by atoms with Gasteiger partial charge in [0.05, 0.1) is 5.92 Å². The molecule has 0 aromatic rings. The predicted octanol–water partition coefficient (Wildman–Crippen LogP) is 2.30. The van der Waals surface area contributed by atoms with Crippen molar-refractivity contribution in [3.05, 3.63) is 0 Å². The van der Waals surface area contributed by atoms with Crippen molar-refractivity contribution in [3.63, 3.8) is 0 Å². The summed E-state index contributed by atoms with van der Waals surface area (Å²) in [6, 6.07) is 0.434. The highest BCUT2D eigenvalue weighted by molar-refractivity contribution is 5.89. The van der Waals surface area contributed by atoms with Gasteiger partial charge in [0.25, 0.3) is 0 Å². The fraction of sp³-hybridized carbons (Fsp3) is 0.900. The van der Waals surface area contributed by atoms with Gasteiger partial charge in [-0.1, -0.05) is 25.7 Å². The number of likely N-dealkylation sites (tertiary alicyclic amines) is 2. The van der Waals surface area contributed by atoms with Crippen LogP contribution in [0.15, 0.2) is 0 Å². The molecular weight excluding hydrogens is 314 g/mol. The Bertz CT molecular complexity index is 505. The van der Waals surface area contributed by atoms with Gasteiger partial charge in [-0.25, -0.2) is 0 Å². The van der Waals surface area contributed by atoms with Gasteiger partial charge in [-0.2, -0.15) is 0 Å². The number of rotatable bonds is 5. The lowest BCUT2D eigenvalue weighted by molar-refractivity contribution is -0.129. The van der Waals surface area contributed by atoms with Crippen molar-refractivity contribution in [2.45, 2.75) is 82.2 Å². The normalized spacial score (nSPS) is 30.5. The third-order valence-corrected chi connectivity index (χ3v) is 6.92. The maximum absolute atomic E-state index is 12.7. The molecule has 2 amide bonds. The Hall–Kier alpha value is -1.10. The Balaban J connectivity index is 1.35. The first kappa shape index (κ1) is 17.3. The molecule has 2 saturated carbocycles. The average molecular weight is 348 g/mol. The van der Waals surface area contributed by atoms with E-state index in [-0.39, 0.29) is 23.3 Å². The smallest absolute Gasteiger partial charge is 0.225 e. The van der Waals surface area contributed by atoms with Gasteiger partial charge < -0.3 is 10.2 Å². The van der Waals surface area contributed by atoms with Crippen LogP contribution in [0.2, 0.25) is 0 Å². The second kappa shape index (κ2) is 7.26. The van der Waals surface area contributed by atoms with Crippen LogP contribution in [0.4, 0.5) is 0 Å². The zero-order valence-corrected chi connectivity index (χ0v) is 15.5. The van der Waals surface area contributed by atoms with Crippen molar-refractivity contribution >= 4 is 11.8 Å². The van der Waals surface area contributed by atoms with Crippen LogP contribution in [0.5, 0.6) is 0 Å². The van der Waals surface area contributed by atoms with E-state index in [0.29, 0.717) is 19.0 Å². The molecule has 25 heavy (non-hydrogen) atoms. The first-order valence-corrected chi connectivity index (χ1v) is 10.5. The Kier molecular flexibility index (Phi) is 5.03. The van der Waals surface area contributed by atoms with Crippen molar-refractivity contribution in [2.24, 2.45) is 5.92 Å². The third-order valence-electron chi connectivity index (χ3n) is 6.92. The second-order valence-corrected chi connectivity index (χ2v) is 8.73. The molecule has 2 saturated heterocycles. The number of nitrogens with one attached hydrogen (secondary N) is 1. The van der Waals surface area contributed by atoms with Crippen molar-refractivity contribution in [2.75, 3.05) is 26.2 Å². The largest absolute Gasteiger partial charge is 0.354 e. The number of carbonyl (C=O) groups excluding carboxylic acids is 2. The lowest BCUT2D eigenvalue weighted by Crippen LogP contribution is -2.58. The van der Waals surface area contributed by atoms with Crippen LogP contribution in [-0.4, -0.2) is 59.4 Å². The van der Waals surface area contributed by atoms with Crippen molar-refractivity contribution in [1.29, 1.82) is 0 Å². The van der Waals surface area contributed by atoms with Crippen LogP contribution in [0.1, 0.15) is 70.6 Å². The highest BCUT2D eigenvalue weighted by Gasteiger charge is 2.43. The van der Waals surface area contributed by atoms with Gasteiger partial charge in [0.15, 0.2) is 0 Å². The van der Waals surface area contributed by atoms with Gasteiger partial charge in [-0.3, -0.25) is 14.5 Å². The van der Waals surface area contributed by atoms with Crippen LogP contribution in [0, 0.1) is 5.92 Å². The summed E-state index contributed by atoms with van der Waals surface area (Å²) in [5.74, 6) is 0.166. The minimum Gasteiger partial charge on any atom is -0.354 e. The van der Waals surface area contributed by atoms with Crippen LogP contribution in [-0.2, 0) is 9.59 Å². The molecule has 140 valence electrons. The number of carbonyl (C=O) groups is 2. The molecule has 2 heterocycles. The van der Waals surface area contributed by atoms with Gasteiger partial charge >= 0.3 is 0 Å². The topological polar surface area (TPSA) is 52.7 Å². The zero-order valence-electron chi connectivity index (χ0n) is 15.5. The van der Waals surface area contributed by atoms with E-state index >= 15 is 0 Å². The summed E-state index contributed by atoms with van der Waals surface area (Å²) in [5, 5.41) is 3.27. The molecule has 1 N–H and O–H groups in total. The highest BCUT2D eigenvalue weighted by Crippen LogP contribution is 2.36. The standard InChI is InChI=1S/C20H33N3O2/c24-18-13-16(14-23(18)17-7-8-17)19(25)21-15-20(9-3-1-4-10-20)22-11-5-2-6-12-22/h16-17H,1-15H2,(H,21,25). The van der Waals surface area contributed by atoms with E-state index in [4.69, 9.17) is 0 Å². The van der Waals surface area contributed by atoms with Crippen LogP contribution in [0.25, 0.3) is 0 Å². The molecule has 0 spiro atoms. The molecule has 0 aromatic carbocycles. The number of amides is 2. The lowest BCUT2D eigenvalue weighted by atomic mass is 9.79.